The second-order valence-electron chi connectivity index (χ2n) is 2.80. The molecule has 1 aromatic rings. The number of thioether (sulfide) groups is 1. The lowest BCUT2D eigenvalue weighted by molar-refractivity contribution is -0.0328. The number of nitrogens with zero attached hydrogens (tertiary/aromatic N) is 1. The highest BCUT2D eigenvalue weighted by Crippen LogP contribution is 2.39. The minimum atomic E-state index is -4.53. The van der Waals surface area contributed by atoms with Gasteiger partial charge in [0.1, 0.15) is 6.07 Å². The number of carbonyl (C=O) groups is 1. The van der Waals surface area contributed by atoms with Crippen LogP contribution in [0.3, 0.4) is 0 Å². The average Bonchev–Trinajstić information content (AvgIpc) is 2.17. The van der Waals surface area contributed by atoms with Gasteiger partial charge in [-0.05, 0) is 39.8 Å². The highest BCUT2D eigenvalue weighted by atomic mass is 79.9. The molecule has 1 aromatic carbocycles. The molecule has 0 atom stereocenters. The first-order valence-electron chi connectivity index (χ1n) is 3.97. The van der Waals surface area contributed by atoms with Gasteiger partial charge in [-0.3, -0.25) is 0 Å². The van der Waals surface area contributed by atoms with Crippen molar-refractivity contribution >= 4 is 33.7 Å². The van der Waals surface area contributed by atoms with Gasteiger partial charge in [0, 0.05) is 9.37 Å². The topological polar surface area (TPSA) is 61.1 Å². The second-order valence-corrected chi connectivity index (χ2v) is 4.73. The number of carboxylic acid groups (broad SMARTS) is 1. The lowest BCUT2D eigenvalue weighted by atomic mass is 10.1. The summed E-state index contributed by atoms with van der Waals surface area (Å²) in [6.45, 7) is 0. The summed E-state index contributed by atoms with van der Waals surface area (Å²) < 4.78 is 36.4. The Morgan fingerprint density at radius 1 is 1.47 bits per heavy atom. The predicted molar refractivity (Wildman–Crippen MR) is 57.7 cm³/mol. The molecule has 3 nitrogen and oxygen atoms in total. The number of rotatable bonds is 2. The standard InChI is InChI=1S/C9H3BrF3NO2S/c10-7-4(3-14)1-5(17-9(11,12)13)2-6(7)8(15)16/h1-2H,(H,15,16). The highest BCUT2D eigenvalue weighted by Gasteiger charge is 2.30. The van der Waals surface area contributed by atoms with Crippen molar-refractivity contribution in [2.75, 3.05) is 0 Å². The smallest absolute Gasteiger partial charge is 0.446 e. The average molecular weight is 326 g/mol. The van der Waals surface area contributed by atoms with Crippen LogP contribution in [0.4, 0.5) is 13.2 Å². The van der Waals surface area contributed by atoms with E-state index in [1.165, 1.54) is 0 Å². The van der Waals surface area contributed by atoms with E-state index < -0.39 is 23.2 Å². The van der Waals surface area contributed by atoms with Crippen molar-refractivity contribution in [3.8, 4) is 6.07 Å². The van der Waals surface area contributed by atoms with Crippen LogP contribution in [0.25, 0.3) is 0 Å². The summed E-state index contributed by atoms with van der Waals surface area (Å²) in [5.74, 6) is -1.40. The Hall–Kier alpha value is -1.20. The van der Waals surface area contributed by atoms with E-state index in [2.05, 4.69) is 15.9 Å². The summed E-state index contributed by atoms with van der Waals surface area (Å²) in [5.41, 5.74) is -5.07. The van der Waals surface area contributed by atoms with Gasteiger partial charge in [-0.2, -0.15) is 18.4 Å². The molecule has 17 heavy (non-hydrogen) atoms. The molecule has 0 aliphatic heterocycles. The number of hydrogen-bond acceptors (Lipinski definition) is 3. The van der Waals surface area contributed by atoms with Crippen molar-refractivity contribution in [3.63, 3.8) is 0 Å². The molecule has 0 saturated carbocycles. The molecule has 90 valence electrons. The fourth-order valence-corrected chi connectivity index (χ4v) is 2.14. The van der Waals surface area contributed by atoms with Crippen LogP contribution >= 0.6 is 27.7 Å². The highest BCUT2D eigenvalue weighted by molar-refractivity contribution is 9.10. The molecule has 0 aliphatic rings. The Kier molecular flexibility index (Phi) is 4.06. The van der Waals surface area contributed by atoms with Crippen molar-refractivity contribution in [2.24, 2.45) is 0 Å². The number of benzene rings is 1. The SMILES string of the molecule is N#Cc1cc(SC(F)(F)F)cc(C(=O)O)c1Br. The third-order valence-electron chi connectivity index (χ3n) is 1.63. The molecular formula is C9H3BrF3NO2S. The van der Waals surface area contributed by atoms with Crippen molar-refractivity contribution < 1.29 is 23.1 Å². The van der Waals surface area contributed by atoms with Gasteiger partial charge in [-0.25, -0.2) is 4.79 Å². The van der Waals surface area contributed by atoms with Crippen LogP contribution in [0, 0.1) is 11.3 Å². The minimum Gasteiger partial charge on any atom is -0.478 e. The molecule has 1 N–H and O–H groups in total. The molecule has 1 rings (SSSR count). The Morgan fingerprint density at radius 2 is 2.06 bits per heavy atom. The van der Waals surface area contributed by atoms with Gasteiger partial charge in [0.25, 0.3) is 0 Å². The van der Waals surface area contributed by atoms with E-state index in [0.29, 0.717) is 0 Å². The number of halogens is 4. The van der Waals surface area contributed by atoms with Gasteiger partial charge >= 0.3 is 11.5 Å². The summed E-state index contributed by atoms with van der Waals surface area (Å²) >= 11 is 2.40. The monoisotopic (exact) mass is 325 g/mol. The maximum atomic E-state index is 12.1. The number of alkyl halides is 3. The summed E-state index contributed by atoms with van der Waals surface area (Å²) in [5, 5.41) is 17.5. The van der Waals surface area contributed by atoms with E-state index in [1.54, 1.807) is 6.07 Å². The number of nitriles is 1. The molecule has 0 aliphatic carbocycles. The lowest BCUT2D eigenvalue weighted by Crippen LogP contribution is -2.03. The molecule has 0 amide bonds. The Bertz CT molecular complexity index is 510. The van der Waals surface area contributed by atoms with E-state index in [0.717, 1.165) is 12.1 Å². The first-order valence-corrected chi connectivity index (χ1v) is 5.58. The Morgan fingerprint density at radius 3 is 2.47 bits per heavy atom. The van der Waals surface area contributed by atoms with Gasteiger partial charge in [0.2, 0.25) is 0 Å². The van der Waals surface area contributed by atoms with Gasteiger partial charge in [0.15, 0.2) is 0 Å². The van der Waals surface area contributed by atoms with Crippen LogP contribution in [0.5, 0.6) is 0 Å². The first-order chi connectivity index (χ1) is 7.74. The quantitative estimate of drug-likeness (QED) is 0.843. The van der Waals surface area contributed by atoms with Crippen molar-refractivity contribution in [2.45, 2.75) is 10.4 Å². The molecule has 8 heteroatoms. The molecule has 0 unspecified atom stereocenters. The normalized spacial score (nSPS) is 11.0. The van der Waals surface area contributed by atoms with E-state index in [-0.39, 0.29) is 20.5 Å². The summed E-state index contributed by atoms with van der Waals surface area (Å²) in [4.78, 5) is 10.4. The molecule has 0 fully saturated rings. The molecule has 0 aromatic heterocycles. The van der Waals surface area contributed by atoms with Crippen LogP contribution in [0.15, 0.2) is 21.5 Å². The zero-order valence-corrected chi connectivity index (χ0v) is 10.3. The fraction of sp³-hybridized carbons (Fsp3) is 0.111. The third-order valence-corrected chi connectivity index (χ3v) is 3.19. The Labute approximate surface area is 106 Å². The maximum Gasteiger partial charge on any atom is 0.446 e. The molecule has 0 saturated heterocycles. The van der Waals surface area contributed by atoms with Gasteiger partial charge in [-0.15, -0.1) is 0 Å². The van der Waals surface area contributed by atoms with Crippen molar-refractivity contribution in [3.05, 3.63) is 27.7 Å². The summed E-state index contributed by atoms with van der Waals surface area (Å²) in [7, 11) is 0. The van der Waals surface area contributed by atoms with Crippen LogP contribution in [0.2, 0.25) is 0 Å². The summed E-state index contributed by atoms with van der Waals surface area (Å²) in [6, 6.07) is 3.47. The predicted octanol–water partition coefficient (Wildman–Crippen LogP) is 3.63. The molecule has 0 spiro atoms. The van der Waals surface area contributed by atoms with Crippen LogP contribution in [0.1, 0.15) is 15.9 Å². The van der Waals surface area contributed by atoms with Gasteiger partial charge in [0.05, 0.1) is 11.1 Å². The van der Waals surface area contributed by atoms with E-state index in [1.807, 2.05) is 0 Å². The van der Waals surface area contributed by atoms with E-state index >= 15 is 0 Å². The van der Waals surface area contributed by atoms with E-state index in [9.17, 15) is 18.0 Å². The van der Waals surface area contributed by atoms with Crippen LogP contribution in [-0.2, 0) is 0 Å². The van der Waals surface area contributed by atoms with Crippen LogP contribution < -0.4 is 0 Å². The zero-order chi connectivity index (χ0) is 13.2. The number of hydrogen-bond donors (Lipinski definition) is 1. The molecular weight excluding hydrogens is 323 g/mol. The third kappa shape index (κ3) is 3.64. The van der Waals surface area contributed by atoms with Crippen molar-refractivity contribution in [1.82, 2.24) is 0 Å². The maximum absolute atomic E-state index is 12.1. The van der Waals surface area contributed by atoms with Crippen molar-refractivity contribution in [1.29, 1.82) is 5.26 Å². The van der Waals surface area contributed by atoms with Gasteiger partial charge in [-0.1, -0.05) is 0 Å². The number of aromatic carboxylic acids is 1. The molecule has 0 bridgehead atoms. The molecule has 0 heterocycles. The molecule has 0 radical (unpaired) electrons. The largest absolute Gasteiger partial charge is 0.478 e. The minimum absolute atomic E-state index is 0.0287. The van der Waals surface area contributed by atoms with E-state index in [4.69, 9.17) is 10.4 Å². The van der Waals surface area contributed by atoms with Crippen LogP contribution in [-0.4, -0.2) is 16.6 Å². The number of carboxylic acids is 1. The summed E-state index contributed by atoms with van der Waals surface area (Å²) in [6.07, 6.45) is 0. The second kappa shape index (κ2) is 4.98. The lowest BCUT2D eigenvalue weighted by Gasteiger charge is -2.08. The zero-order valence-electron chi connectivity index (χ0n) is 7.88. The fourth-order valence-electron chi connectivity index (χ4n) is 1.03. The first kappa shape index (κ1) is 13.9. The van der Waals surface area contributed by atoms with Gasteiger partial charge < -0.3 is 5.11 Å². The Balaban J connectivity index is 3.32.